The Kier molecular flexibility index (Phi) is 4.88. The second-order valence-corrected chi connectivity index (χ2v) is 5.52. The number of methoxy groups -OCH3 is 1. The topological polar surface area (TPSA) is 50.4 Å². The minimum atomic E-state index is -0.0620. The van der Waals surface area contributed by atoms with Crippen molar-refractivity contribution in [2.45, 2.75) is 45.6 Å². The highest BCUT2D eigenvalue weighted by molar-refractivity contribution is 5.89. The van der Waals surface area contributed by atoms with E-state index < -0.39 is 0 Å². The van der Waals surface area contributed by atoms with E-state index in [-0.39, 0.29) is 5.91 Å². The fourth-order valence-corrected chi connectivity index (χ4v) is 2.90. The van der Waals surface area contributed by atoms with Crippen LogP contribution in [0.1, 0.15) is 39.5 Å². The van der Waals surface area contributed by atoms with Gasteiger partial charge < -0.3 is 15.4 Å². The number of anilines is 2. The number of carbonyl (C=O) groups excluding carboxylic acids is 1. The molecule has 1 saturated carbocycles. The second-order valence-electron chi connectivity index (χ2n) is 5.52. The van der Waals surface area contributed by atoms with Crippen molar-refractivity contribution in [1.29, 1.82) is 0 Å². The van der Waals surface area contributed by atoms with Gasteiger partial charge in [-0.05, 0) is 43.4 Å². The number of hydrogen-bond acceptors (Lipinski definition) is 3. The molecule has 4 heteroatoms. The van der Waals surface area contributed by atoms with Crippen LogP contribution in [0.2, 0.25) is 0 Å². The first-order valence-electron chi connectivity index (χ1n) is 7.34. The highest BCUT2D eigenvalue weighted by atomic mass is 16.5. The van der Waals surface area contributed by atoms with Crippen LogP contribution in [0, 0.1) is 5.92 Å². The number of ether oxygens (including phenoxy) is 1. The minimum Gasteiger partial charge on any atom is -0.495 e. The van der Waals surface area contributed by atoms with Crippen LogP contribution in [0.25, 0.3) is 0 Å². The first-order valence-corrected chi connectivity index (χ1v) is 7.34. The largest absolute Gasteiger partial charge is 0.495 e. The van der Waals surface area contributed by atoms with E-state index >= 15 is 0 Å². The van der Waals surface area contributed by atoms with E-state index in [1.807, 2.05) is 18.2 Å². The lowest BCUT2D eigenvalue weighted by molar-refractivity contribution is -0.114. The fourth-order valence-electron chi connectivity index (χ4n) is 2.90. The number of benzene rings is 1. The lowest BCUT2D eigenvalue weighted by atomic mass is 10.1. The molecule has 1 aromatic carbocycles. The number of carbonyl (C=O) groups is 1. The monoisotopic (exact) mass is 276 g/mol. The van der Waals surface area contributed by atoms with Crippen molar-refractivity contribution in [2.24, 2.45) is 5.92 Å². The SMILES string of the molecule is CCC1CCC(Nc2cc(NC(C)=O)ccc2OC)C1. The Morgan fingerprint density at radius 1 is 1.40 bits per heavy atom. The predicted octanol–water partition coefficient (Wildman–Crippen LogP) is 3.64. The molecule has 110 valence electrons. The molecule has 20 heavy (non-hydrogen) atoms. The summed E-state index contributed by atoms with van der Waals surface area (Å²) in [6.45, 7) is 3.77. The molecule has 2 N–H and O–H groups in total. The molecule has 0 heterocycles. The molecule has 1 aliphatic rings. The van der Waals surface area contributed by atoms with Crippen molar-refractivity contribution in [3.05, 3.63) is 18.2 Å². The Labute approximate surface area is 120 Å². The van der Waals surface area contributed by atoms with Gasteiger partial charge in [-0.15, -0.1) is 0 Å². The van der Waals surface area contributed by atoms with Gasteiger partial charge in [0.2, 0.25) is 5.91 Å². The lowest BCUT2D eigenvalue weighted by Gasteiger charge is -2.18. The van der Waals surface area contributed by atoms with Gasteiger partial charge in [0.25, 0.3) is 0 Å². The summed E-state index contributed by atoms with van der Waals surface area (Å²) in [5, 5.41) is 6.37. The van der Waals surface area contributed by atoms with Crippen LogP contribution in [-0.4, -0.2) is 19.1 Å². The standard InChI is InChI=1S/C16H24N2O2/c1-4-12-5-6-13(9-12)18-15-10-14(17-11(2)19)7-8-16(15)20-3/h7-8,10,12-13,18H,4-6,9H2,1-3H3,(H,17,19). The normalized spacial score (nSPS) is 21.6. The summed E-state index contributed by atoms with van der Waals surface area (Å²) in [7, 11) is 1.67. The van der Waals surface area contributed by atoms with Crippen LogP contribution in [0.4, 0.5) is 11.4 Å². The summed E-state index contributed by atoms with van der Waals surface area (Å²) in [5.41, 5.74) is 1.76. The van der Waals surface area contributed by atoms with Crippen molar-refractivity contribution in [3.8, 4) is 5.75 Å². The zero-order chi connectivity index (χ0) is 14.5. The summed E-state index contributed by atoms with van der Waals surface area (Å²) < 4.78 is 5.39. The molecule has 1 aliphatic carbocycles. The molecule has 1 fully saturated rings. The van der Waals surface area contributed by atoms with Crippen molar-refractivity contribution < 1.29 is 9.53 Å². The third-order valence-corrected chi connectivity index (χ3v) is 4.00. The van der Waals surface area contributed by atoms with Gasteiger partial charge in [0.05, 0.1) is 12.8 Å². The molecule has 0 saturated heterocycles. The molecular weight excluding hydrogens is 252 g/mol. The molecular formula is C16H24N2O2. The quantitative estimate of drug-likeness (QED) is 0.863. The number of nitrogens with one attached hydrogen (secondary N) is 2. The Hall–Kier alpha value is -1.71. The van der Waals surface area contributed by atoms with E-state index in [4.69, 9.17) is 4.74 Å². The summed E-state index contributed by atoms with van der Waals surface area (Å²) in [4.78, 5) is 11.1. The average Bonchev–Trinajstić information content (AvgIpc) is 2.86. The summed E-state index contributed by atoms with van der Waals surface area (Å²) in [6, 6.07) is 6.19. The predicted molar refractivity (Wildman–Crippen MR) is 82.3 cm³/mol. The summed E-state index contributed by atoms with van der Waals surface area (Å²) in [6.07, 6.45) is 4.96. The third kappa shape index (κ3) is 3.65. The van der Waals surface area contributed by atoms with Crippen molar-refractivity contribution >= 4 is 17.3 Å². The van der Waals surface area contributed by atoms with Crippen LogP contribution < -0.4 is 15.4 Å². The van der Waals surface area contributed by atoms with E-state index in [1.54, 1.807) is 7.11 Å². The Morgan fingerprint density at radius 2 is 2.20 bits per heavy atom. The third-order valence-electron chi connectivity index (χ3n) is 4.00. The number of rotatable bonds is 5. The van der Waals surface area contributed by atoms with Gasteiger partial charge in [-0.1, -0.05) is 13.3 Å². The fraction of sp³-hybridized carbons (Fsp3) is 0.562. The van der Waals surface area contributed by atoms with Gasteiger partial charge in [0.15, 0.2) is 0 Å². The maximum absolute atomic E-state index is 11.1. The van der Waals surface area contributed by atoms with Crippen molar-refractivity contribution in [3.63, 3.8) is 0 Å². The summed E-state index contributed by atoms with van der Waals surface area (Å²) in [5.74, 6) is 1.59. The van der Waals surface area contributed by atoms with Crippen molar-refractivity contribution in [1.82, 2.24) is 0 Å². The Morgan fingerprint density at radius 3 is 2.80 bits per heavy atom. The lowest BCUT2D eigenvalue weighted by Crippen LogP contribution is -2.16. The molecule has 0 aliphatic heterocycles. The van der Waals surface area contributed by atoms with Crippen LogP contribution in [0.15, 0.2) is 18.2 Å². The summed E-state index contributed by atoms with van der Waals surface area (Å²) >= 11 is 0. The van der Waals surface area contributed by atoms with Gasteiger partial charge in [-0.3, -0.25) is 4.79 Å². The first-order chi connectivity index (χ1) is 9.62. The van der Waals surface area contributed by atoms with Crippen LogP contribution in [-0.2, 0) is 4.79 Å². The highest BCUT2D eigenvalue weighted by Gasteiger charge is 2.23. The molecule has 0 bridgehead atoms. The molecule has 0 radical (unpaired) electrons. The molecule has 2 rings (SSSR count). The number of hydrogen-bond donors (Lipinski definition) is 2. The zero-order valence-corrected chi connectivity index (χ0v) is 12.5. The van der Waals surface area contributed by atoms with Gasteiger partial charge >= 0.3 is 0 Å². The van der Waals surface area contributed by atoms with Gasteiger partial charge in [-0.25, -0.2) is 0 Å². The number of amides is 1. The van der Waals surface area contributed by atoms with Crippen LogP contribution in [0.5, 0.6) is 5.75 Å². The zero-order valence-electron chi connectivity index (χ0n) is 12.5. The minimum absolute atomic E-state index is 0.0620. The van der Waals surface area contributed by atoms with E-state index in [2.05, 4.69) is 17.6 Å². The highest BCUT2D eigenvalue weighted by Crippen LogP contribution is 2.34. The Balaban J connectivity index is 2.10. The van der Waals surface area contributed by atoms with E-state index in [1.165, 1.54) is 32.6 Å². The van der Waals surface area contributed by atoms with Gasteiger partial charge in [0, 0.05) is 18.7 Å². The maximum atomic E-state index is 11.1. The molecule has 0 aromatic heterocycles. The maximum Gasteiger partial charge on any atom is 0.221 e. The van der Waals surface area contributed by atoms with E-state index in [0.29, 0.717) is 6.04 Å². The molecule has 0 spiro atoms. The van der Waals surface area contributed by atoms with Gasteiger partial charge in [-0.2, -0.15) is 0 Å². The second kappa shape index (κ2) is 6.64. The molecule has 1 aromatic rings. The van der Waals surface area contributed by atoms with Gasteiger partial charge in [0.1, 0.15) is 5.75 Å². The molecule has 1 amide bonds. The van der Waals surface area contributed by atoms with Crippen molar-refractivity contribution in [2.75, 3.05) is 17.7 Å². The average molecular weight is 276 g/mol. The molecule has 2 unspecified atom stereocenters. The smallest absolute Gasteiger partial charge is 0.221 e. The van der Waals surface area contributed by atoms with E-state index in [9.17, 15) is 4.79 Å². The van der Waals surface area contributed by atoms with Crippen LogP contribution >= 0.6 is 0 Å². The first kappa shape index (κ1) is 14.7. The van der Waals surface area contributed by atoms with Crippen LogP contribution in [0.3, 0.4) is 0 Å². The molecule has 4 nitrogen and oxygen atoms in total. The Bertz CT molecular complexity index is 474. The van der Waals surface area contributed by atoms with E-state index in [0.717, 1.165) is 23.0 Å². The molecule has 2 atom stereocenters.